The van der Waals surface area contributed by atoms with Crippen molar-refractivity contribution in [1.82, 2.24) is 0 Å². The van der Waals surface area contributed by atoms with Crippen LogP contribution in [0.4, 0.5) is 5.69 Å². The number of rotatable bonds is 3. The van der Waals surface area contributed by atoms with E-state index in [1.165, 1.54) is 0 Å². The molecule has 1 atom stereocenters. The Morgan fingerprint density at radius 3 is 2.71 bits per heavy atom. The molecule has 1 aliphatic rings. The highest BCUT2D eigenvalue weighted by Gasteiger charge is 2.24. The fourth-order valence-electron chi connectivity index (χ4n) is 2.23. The van der Waals surface area contributed by atoms with Crippen LogP contribution in [-0.2, 0) is 4.74 Å². The maximum Gasteiger partial charge on any atom is 0.120 e. The standard InChI is InChI=1S/C13H19NO3/c1-16-10-2-3-11(12(14)8-10)13(15)9-4-6-17-7-5-9/h2-3,8-9,13,15H,4-7,14H2,1H3. The van der Waals surface area contributed by atoms with Crippen molar-refractivity contribution in [3.05, 3.63) is 23.8 Å². The van der Waals surface area contributed by atoms with E-state index in [9.17, 15) is 5.11 Å². The largest absolute Gasteiger partial charge is 0.497 e. The number of methoxy groups -OCH3 is 1. The van der Waals surface area contributed by atoms with Crippen LogP contribution in [0.15, 0.2) is 18.2 Å². The minimum atomic E-state index is -0.509. The molecule has 1 aromatic carbocycles. The predicted molar refractivity (Wildman–Crippen MR) is 65.9 cm³/mol. The van der Waals surface area contributed by atoms with E-state index in [1.807, 2.05) is 12.1 Å². The van der Waals surface area contributed by atoms with Crippen LogP contribution < -0.4 is 10.5 Å². The van der Waals surface area contributed by atoms with Crippen molar-refractivity contribution in [3.63, 3.8) is 0 Å². The Balaban J connectivity index is 2.15. The van der Waals surface area contributed by atoms with Crippen molar-refractivity contribution in [2.75, 3.05) is 26.1 Å². The smallest absolute Gasteiger partial charge is 0.120 e. The Morgan fingerprint density at radius 1 is 1.41 bits per heavy atom. The second-order valence-electron chi connectivity index (χ2n) is 4.39. The molecule has 0 aliphatic carbocycles. The molecule has 1 saturated heterocycles. The Kier molecular flexibility index (Phi) is 3.86. The quantitative estimate of drug-likeness (QED) is 0.786. The molecule has 2 rings (SSSR count). The molecule has 17 heavy (non-hydrogen) atoms. The van der Waals surface area contributed by atoms with Crippen molar-refractivity contribution in [2.24, 2.45) is 5.92 Å². The van der Waals surface area contributed by atoms with Crippen LogP contribution in [0.3, 0.4) is 0 Å². The first-order valence-electron chi connectivity index (χ1n) is 5.91. The number of nitrogen functional groups attached to an aromatic ring is 1. The van der Waals surface area contributed by atoms with Gasteiger partial charge >= 0.3 is 0 Å². The van der Waals surface area contributed by atoms with Crippen molar-refractivity contribution >= 4 is 5.69 Å². The maximum atomic E-state index is 10.3. The molecule has 3 N–H and O–H groups in total. The summed E-state index contributed by atoms with van der Waals surface area (Å²) in [6.07, 6.45) is 1.25. The lowest BCUT2D eigenvalue weighted by Crippen LogP contribution is -2.22. The Morgan fingerprint density at radius 2 is 2.12 bits per heavy atom. The number of aliphatic hydroxyl groups is 1. The van der Waals surface area contributed by atoms with Gasteiger partial charge in [-0.3, -0.25) is 0 Å². The van der Waals surface area contributed by atoms with E-state index >= 15 is 0 Å². The number of benzene rings is 1. The predicted octanol–water partition coefficient (Wildman–Crippen LogP) is 1.74. The van der Waals surface area contributed by atoms with E-state index in [0.717, 1.165) is 31.6 Å². The van der Waals surface area contributed by atoms with E-state index in [-0.39, 0.29) is 5.92 Å². The first-order valence-corrected chi connectivity index (χ1v) is 5.91. The summed E-state index contributed by atoms with van der Waals surface area (Å²) in [5.41, 5.74) is 7.31. The minimum Gasteiger partial charge on any atom is -0.497 e. The first kappa shape index (κ1) is 12.2. The van der Waals surface area contributed by atoms with Gasteiger partial charge in [0.2, 0.25) is 0 Å². The van der Waals surface area contributed by atoms with Gasteiger partial charge < -0.3 is 20.3 Å². The Hall–Kier alpha value is -1.26. The number of anilines is 1. The lowest BCUT2D eigenvalue weighted by atomic mass is 9.88. The lowest BCUT2D eigenvalue weighted by molar-refractivity contribution is 0.00744. The molecule has 0 bridgehead atoms. The fraction of sp³-hybridized carbons (Fsp3) is 0.538. The molecule has 4 heteroatoms. The second-order valence-corrected chi connectivity index (χ2v) is 4.39. The Bertz CT molecular complexity index is 375. The molecule has 1 unspecified atom stereocenters. The summed E-state index contributed by atoms with van der Waals surface area (Å²) in [5.74, 6) is 0.949. The highest BCUT2D eigenvalue weighted by Crippen LogP contribution is 2.34. The molecule has 1 fully saturated rings. The summed E-state index contributed by atoms with van der Waals surface area (Å²) >= 11 is 0. The summed E-state index contributed by atoms with van der Waals surface area (Å²) in [7, 11) is 1.60. The van der Waals surface area contributed by atoms with E-state index in [2.05, 4.69) is 0 Å². The topological polar surface area (TPSA) is 64.7 Å². The van der Waals surface area contributed by atoms with Crippen molar-refractivity contribution in [1.29, 1.82) is 0 Å². The third-order valence-corrected chi connectivity index (χ3v) is 3.33. The van der Waals surface area contributed by atoms with E-state index < -0.39 is 6.10 Å². The highest BCUT2D eigenvalue weighted by molar-refractivity contribution is 5.52. The van der Waals surface area contributed by atoms with Crippen LogP contribution in [0, 0.1) is 5.92 Å². The third kappa shape index (κ3) is 2.70. The summed E-state index contributed by atoms with van der Waals surface area (Å²) in [6, 6.07) is 5.42. The van der Waals surface area contributed by atoms with Gasteiger partial charge in [-0.05, 0) is 24.8 Å². The molecule has 4 nitrogen and oxygen atoms in total. The van der Waals surface area contributed by atoms with Gasteiger partial charge in [-0.25, -0.2) is 0 Å². The summed E-state index contributed by atoms with van der Waals surface area (Å²) < 4.78 is 10.4. The van der Waals surface area contributed by atoms with Gasteiger partial charge in [0.15, 0.2) is 0 Å². The SMILES string of the molecule is COc1ccc(C(O)C2CCOCC2)c(N)c1. The molecular weight excluding hydrogens is 218 g/mol. The van der Waals surface area contributed by atoms with Crippen molar-refractivity contribution in [3.8, 4) is 5.75 Å². The van der Waals surface area contributed by atoms with Gasteiger partial charge in [0.05, 0.1) is 13.2 Å². The van der Waals surface area contributed by atoms with Crippen molar-refractivity contribution < 1.29 is 14.6 Å². The van der Waals surface area contributed by atoms with Crippen LogP contribution in [0.5, 0.6) is 5.75 Å². The van der Waals surface area contributed by atoms with Crippen molar-refractivity contribution in [2.45, 2.75) is 18.9 Å². The number of aliphatic hydroxyl groups excluding tert-OH is 1. The van der Waals surface area contributed by atoms with Gasteiger partial charge in [-0.15, -0.1) is 0 Å². The molecule has 1 aliphatic heterocycles. The lowest BCUT2D eigenvalue weighted by Gasteiger charge is -2.27. The average molecular weight is 237 g/mol. The summed E-state index contributed by atoms with van der Waals surface area (Å²) in [5, 5.41) is 10.3. The summed E-state index contributed by atoms with van der Waals surface area (Å²) in [6.45, 7) is 1.44. The van der Waals surface area contributed by atoms with Crippen LogP contribution in [0.2, 0.25) is 0 Å². The van der Waals surface area contributed by atoms with Gasteiger partial charge in [0.25, 0.3) is 0 Å². The zero-order chi connectivity index (χ0) is 12.3. The average Bonchev–Trinajstić information content (AvgIpc) is 2.39. The van der Waals surface area contributed by atoms with Crippen LogP contribution >= 0.6 is 0 Å². The van der Waals surface area contributed by atoms with Crippen LogP contribution in [-0.4, -0.2) is 25.4 Å². The van der Waals surface area contributed by atoms with E-state index in [1.54, 1.807) is 13.2 Å². The molecular formula is C13H19NO3. The number of hydrogen-bond donors (Lipinski definition) is 2. The van der Waals surface area contributed by atoms with Gasteiger partial charge in [-0.1, -0.05) is 6.07 Å². The normalized spacial score (nSPS) is 18.9. The molecule has 0 saturated carbocycles. The molecule has 1 aromatic rings. The fourth-order valence-corrected chi connectivity index (χ4v) is 2.23. The minimum absolute atomic E-state index is 0.236. The monoisotopic (exact) mass is 237 g/mol. The van der Waals surface area contributed by atoms with Gasteiger partial charge in [-0.2, -0.15) is 0 Å². The Labute approximate surface area is 101 Å². The van der Waals surface area contributed by atoms with E-state index in [4.69, 9.17) is 15.2 Å². The zero-order valence-corrected chi connectivity index (χ0v) is 10.1. The molecule has 0 radical (unpaired) electrons. The second kappa shape index (κ2) is 5.38. The number of nitrogens with two attached hydrogens (primary N) is 1. The maximum absolute atomic E-state index is 10.3. The molecule has 94 valence electrons. The summed E-state index contributed by atoms with van der Waals surface area (Å²) in [4.78, 5) is 0. The van der Waals surface area contributed by atoms with Gasteiger partial charge in [0, 0.05) is 30.5 Å². The highest BCUT2D eigenvalue weighted by atomic mass is 16.5. The molecule has 0 amide bonds. The van der Waals surface area contributed by atoms with Gasteiger partial charge in [0.1, 0.15) is 5.75 Å². The van der Waals surface area contributed by atoms with E-state index in [0.29, 0.717) is 11.4 Å². The molecule has 0 spiro atoms. The first-order chi connectivity index (χ1) is 8.22. The number of ether oxygens (including phenoxy) is 2. The molecule has 1 heterocycles. The van der Waals surface area contributed by atoms with Crippen LogP contribution in [0.1, 0.15) is 24.5 Å². The molecule has 0 aromatic heterocycles. The van der Waals surface area contributed by atoms with Crippen LogP contribution in [0.25, 0.3) is 0 Å². The third-order valence-electron chi connectivity index (χ3n) is 3.33. The zero-order valence-electron chi connectivity index (χ0n) is 10.1. The number of hydrogen-bond acceptors (Lipinski definition) is 4.